The third-order valence-corrected chi connectivity index (χ3v) is 3.22. The molecule has 96 valence electrons. The van der Waals surface area contributed by atoms with Crippen LogP contribution < -0.4 is 10.1 Å². The Morgan fingerprint density at radius 1 is 1.24 bits per heavy atom. The summed E-state index contributed by atoms with van der Waals surface area (Å²) in [4.78, 5) is 0. The summed E-state index contributed by atoms with van der Waals surface area (Å²) in [5.41, 5.74) is 1.24. The first kappa shape index (κ1) is 14.0. The Morgan fingerprint density at radius 3 is 2.53 bits per heavy atom. The molecular formula is C15H25NO. The maximum absolute atomic E-state index is 5.40. The van der Waals surface area contributed by atoms with Crippen molar-refractivity contribution in [3.05, 3.63) is 29.8 Å². The van der Waals surface area contributed by atoms with Crippen molar-refractivity contribution in [2.24, 2.45) is 0 Å². The number of rotatable bonds is 7. The summed E-state index contributed by atoms with van der Waals surface area (Å²) in [6.45, 7) is 6.68. The van der Waals surface area contributed by atoms with E-state index in [4.69, 9.17) is 4.74 Å². The van der Waals surface area contributed by atoms with E-state index in [-0.39, 0.29) is 0 Å². The molecule has 1 unspecified atom stereocenters. The van der Waals surface area contributed by atoms with E-state index >= 15 is 0 Å². The standard InChI is InChI=1S/C15H25NO/c1-5-9-13(6-2)16-12(3)14-10-7-8-11-15(14)17-4/h7-8,10-13,16H,5-6,9H2,1-4H3/t12-,13?/m0/s1. The van der Waals surface area contributed by atoms with Gasteiger partial charge in [0.2, 0.25) is 0 Å². The number of nitrogens with one attached hydrogen (secondary N) is 1. The van der Waals surface area contributed by atoms with Crippen molar-refractivity contribution in [1.82, 2.24) is 5.32 Å². The Bertz CT molecular complexity index is 324. The van der Waals surface area contributed by atoms with Crippen LogP contribution in [0.5, 0.6) is 5.75 Å². The molecule has 0 aliphatic rings. The number of ether oxygens (including phenoxy) is 1. The lowest BCUT2D eigenvalue weighted by molar-refractivity contribution is 0.382. The lowest BCUT2D eigenvalue weighted by atomic mass is 10.0. The van der Waals surface area contributed by atoms with Crippen molar-refractivity contribution in [2.75, 3.05) is 7.11 Å². The topological polar surface area (TPSA) is 21.3 Å². The van der Waals surface area contributed by atoms with E-state index in [1.165, 1.54) is 24.8 Å². The molecule has 0 saturated carbocycles. The molecule has 1 rings (SSSR count). The van der Waals surface area contributed by atoms with Crippen LogP contribution >= 0.6 is 0 Å². The molecule has 2 atom stereocenters. The zero-order valence-electron chi connectivity index (χ0n) is 11.5. The molecule has 0 aromatic heterocycles. The van der Waals surface area contributed by atoms with Crippen molar-refractivity contribution in [2.45, 2.75) is 52.1 Å². The summed E-state index contributed by atoms with van der Waals surface area (Å²) in [5.74, 6) is 0.971. The highest BCUT2D eigenvalue weighted by Gasteiger charge is 2.14. The molecule has 0 heterocycles. The van der Waals surface area contributed by atoms with Crippen LogP contribution in [-0.2, 0) is 0 Å². The molecule has 0 radical (unpaired) electrons. The van der Waals surface area contributed by atoms with Crippen molar-refractivity contribution >= 4 is 0 Å². The van der Waals surface area contributed by atoms with Gasteiger partial charge in [0.15, 0.2) is 0 Å². The number of para-hydroxylation sites is 1. The second-order valence-corrected chi connectivity index (χ2v) is 4.52. The van der Waals surface area contributed by atoms with Gasteiger partial charge in [0.25, 0.3) is 0 Å². The smallest absolute Gasteiger partial charge is 0.123 e. The van der Waals surface area contributed by atoms with Crippen molar-refractivity contribution < 1.29 is 4.74 Å². The first-order valence-electron chi connectivity index (χ1n) is 6.61. The average Bonchev–Trinajstić information content (AvgIpc) is 2.38. The minimum atomic E-state index is 0.336. The fourth-order valence-corrected chi connectivity index (χ4v) is 2.22. The van der Waals surface area contributed by atoms with Crippen LogP contribution in [0.2, 0.25) is 0 Å². The van der Waals surface area contributed by atoms with Gasteiger partial charge in [-0.1, -0.05) is 38.5 Å². The third-order valence-electron chi connectivity index (χ3n) is 3.22. The van der Waals surface area contributed by atoms with Gasteiger partial charge in [-0.25, -0.2) is 0 Å². The molecule has 1 aromatic rings. The quantitative estimate of drug-likeness (QED) is 0.773. The highest BCUT2D eigenvalue weighted by molar-refractivity contribution is 5.35. The number of hydrogen-bond donors (Lipinski definition) is 1. The largest absolute Gasteiger partial charge is 0.496 e. The summed E-state index contributed by atoms with van der Waals surface area (Å²) < 4.78 is 5.40. The Balaban J connectivity index is 2.71. The van der Waals surface area contributed by atoms with E-state index < -0.39 is 0 Å². The van der Waals surface area contributed by atoms with Crippen molar-refractivity contribution in [3.63, 3.8) is 0 Å². The second-order valence-electron chi connectivity index (χ2n) is 4.52. The van der Waals surface area contributed by atoms with Crippen LogP contribution in [0.3, 0.4) is 0 Å². The number of methoxy groups -OCH3 is 1. The number of benzene rings is 1. The predicted molar refractivity (Wildman–Crippen MR) is 73.5 cm³/mol. The molecular weight excluding hydrogens is 210 g/mol. The lowest BCUT2D eigenvalue weighted by Crippen LogP contribution is -2.31. The molecule has 0 aliphatic carbocycles. The fourth-order valence-electron chi connectivity index (χ4n) is 2.22. The molecule has 0 bridgehead atoms. The highest BCUT2D eigenvalue weighted by atomic mass is 16.5. The second kappa shape index (κ2) is 7.33. The van der Waals surface area contributed by atoms with Crippen molar-refractivity contribution in [1.29, 1.82) is 0 Å². The highest BCUT2D eigenvalue weighted by Crippen LogP contribution is 2.25. The SMILES string of the molecule is CCCC(CC)N[C@@H](C)c1ccccc1OC. The van der Waals surface area contributed by atoms with Crippen molar-refractivity contribution in [3.8, 4) is 5.75 Å². The molecule has 0 aliphatic heterocycles. The summed E-state index contributed by atoms with van der Waals surface area (Å²) in [6.07, 6.45) is 3.63. The molecule has 0 amide bonds. The maximum Gasteiger partial charge on any atom is 0.123 e. The lowest BCUT2D eigenvalue weighted by Gasteiger charge is -2.23. The van der Waals surface area contributed by atoms with Gasteiger partial charge < -0.3 is 10.1 Å². The first-order valence-corrected chi connectivity index (χ1v) is 6.61. The Kier molecular flexibility index (Phi) is 6.06. The van der Waals surface area contributed by atoms with Gasteiger partial charge >= 0.3 is 0 Å². The average molecular weight is 235 g/mol. The molecule has 2 heteroatoms. The van der Waals surface area contributed by atoms with E-state index in [9.17, 15) is 0 Å². The Morgan fingerprint density at radius 2 is 1.94 bits per heavy atom. The molecule has 17 heavy (non-hydrogen) atoms. The fraction of sp³-hybridized carbons (Fsp3) is 0.600. The van der Waals surface area contributed by atoms with Gasteiger partial charge in [0.1, 0.15) is 5.75 Å². The monoisotopic (exact) mass is 235 g/mol. The number of hydrogen-bond acceptors (Lipinski definition) is 2. The Hall–Kier alpha value is -1.02. The summed E-state index contributed by atoms with van der Waals surface area (Å²) in [5, 5.41) is 3.68. The van der Waals surface area contributed by atoms with E-state index in [0.717, 1.165) is 5.75 Å². The van der Waals surface area contributed by atoms with Crippen LogP contribution in [0.25, 0.3) is 0 Å². The van der Waals surface area contributed by atoms with Crippen LogP contribution in [0.4, 0.5) is 0 Å². The van der Waals surface area contributed by atoms with Gasteiger partial charge in [-0.15, -0.1) is 0 Å². The van der Waals surface area contributed by atoms with E-state index in [1.54, 1.807) is 7.11 Å². The first-order chi connectivity index (χ1) is 8.22. The zero-order valence-corrected chi connectivity index (χ0v) is 11.5. The zero-order chi connectivity index (χ0) is 12.7. The van der Waals surface area contributed by atoms with Crippen LogP contribution in [-0.4, -0.2) is 13.2 Å². The van der Waals surface area contributed by atoms with E-state index in [0.29, 0.717) is 12.1 Å². The molecule has 0 saturated heterocycles. The third kappa shape index (κ3) is 4.04. The van der Waals surface area contributed by atoms with E-state index in [2.05, 4.69) is 38.2 Å². The van der Waals surface area contributed by atoms with Crippen LogP contribution in [0.1, 0.15) is 51.6 Å². The molecule has 1 N–H and O–H groups in total. The van der Waals surface area contributed by atoms with Gasteiger partial charge in [-0.3, -0.25) is 0 Å². The summed E-state index contributed by atoms with van der Waals surface area (Å²) in [6, 6.07) is 9.17. The van der Waals surface area contributed by atoms with Crippen LogP contribution in [0.15, 0.2) is 24.3 Å². The maximum atomic E-state index is 5.40. The summed E-state index contributed by atoms with van der Waals surface area (Å²) >= 11 is 0. The van der Waals surface area contributed by atoms with E-state index in [1.807, 2.05) is 12.1 Å². The molecule has 0 spiro atoms. The Labute approximate surface area is 105 Å². The predicted octanol–water partition coefficient (Wildman–Crippen LogP) is 3.92. The minimum Gasteiger partial charge on any atom is -0.496 e. The van der Waals surface area contributed by atoms with Gasteiger partial charge in [0.05, 0.1) is 7.11 Å². The molecule has 1 aromatic carbocycles. The normalized spacial score (nSPS) is 14.4. The molecule has 2 nitrogen and oxygen atoms in total. The van der Waals surface area contributed by atoms with Gasteiger partial charge in [-0.2, -0.15) is 0 Å². The minimum absolute atomic E-state index is 0.336. The molecule has 0 fully saturated rings. The summed E-state index contributed by atoms with van der Waals surface area (Å²) in [7, 11) is 1.73. The van der Waals surface area contributed by atoms with Gasteiger partial charge in [0, 0.05) is 17.6 Å². The van der Waals surface area contributed by atoms with Crippen LogP contribution in [0, 0.1) is 0 Å². The van der Waals surface area contributed by atoms with Gasteiger partial charge in [-0.05, 0) is 25.8 Å².